The molecule has 1 aromatic carbocycles. The molecule has 0 unspecified atom stereocenters. The summed E-state index contributed by atoms with van der Waals surface area (Å²) in [6, 6.07) is 9.10. The Labute approximate surface area is 134 Å². The Morgan fingerprint density at radius 1 is 1.48 bits per heavy atom. The second kappa shape index (κ2) is 7.30. The normalized spacial score (nSPS) is 11.3. The first-order valence-electron chi connectivity index (χ1n) is 5.94. The quantitative estimate of drug-likeness (QED) is 0.482. The molecule has 0 radical (unpaired) electrons. The van der Waals surface area contributed by atoms with Crippen molar-refractivity contribution in [3.8, 4) is 0 Å². The van der Waals surface area contributed by atoms with E-state index in [1.165, 1.54) is 18.4 Å². The van der Waals surface area contributed by atoms with Crippen LogP contribution in [0.15, 0.2) is 44.8 Å². The number of halogens is 1. The number of rotatable bonds is 5. The predicted molar refractivity (Wildman–Crippen MR) is 84.9 cm³/mol. The lowest BCUT2D eigenvalue weighted by Gasteiger charge is -2.13. The van der Waals surface area contributed by atoms with Crippen LogP contribution < -0.4 is 0 Å². The smallest absolute Gasteiger partial charge is 0.174 e. The van der Waals surface area contributed by atoms with Gasteiger partial charge in [-0.1, -0.05) is 35.5 Å². The number of nitrogens with one attached hydrogen (secondary N) is 1. The average Bonchev–Trinajstić information content (AvgIpc) is 2.89. The largest absolute Gasteiger partial charge is 0.389 e. The van der Waals surface area contributed by atoms with E-state index in [1.807, 2.05) is 23.6 Å². The number of oxime groups is 1. The lowest BCUT2D eigenvalue weighted by molar-refractivity contribution is 0.0148. The first-order chi connectivity index (χ1) is 10.1. The monoisotopic (exact) mass is 368 g/mol. The van der Waals surface area contributed by atoms with Gasteiger partial charge in [-0.2, -0.15) is 0 Å². The Hall–Kier alpha value is -1.77. The molecule has 0 bridgehead atoms. The van der Waals surface area contributed by atoms with Gasteiger partial charge in [0, 0.05) is 18.0 Å². The number of hydrogen-bond acceptors (Lipinski definition) is 6. The third-order valence-corrected chi connectivity index (χ3v) is 3.90. The fourth-order valence-electron chi connectivity index (χ4n) is 1.49. The standard InChI is InChI=1S/C13H13BrN4O2S/c1-18(19)12(15)11(9-5-3-2-4-6-9)17-20-7-10-8-21-13(14)16-10/h2-6,8,15,19H,7H2,1H3/b15-12?,17-11-. The molecule has 110 valence electrons. The zero-order valence-corrected chi connectivity index (χ0v) is 13.6. The number of hydroxylamine groups is 2. The summed E-state index contributed by atoms with van der Waals surface area (Å²) in [5.74, 6) is -0.152. The minimum atomic E-state index is -0.152. The summed E-state index contributed by atoms with van der Waals surface area (Å²) in [4.78, 5) is 9.44. The van der Waals surface area contributed by atoms with E-state index in [0.29, 0.717) is 10.6 Å². The van der Waals surface area contributed by atoms with Crippen molar-refractivity contribution in [2.75, 3.05) is 7.05 Å². The Balaban J connectivity index is 2.15. The summed E-state index contributed by atoms with van der Waals surface area (Å²) >= 11 is 4.73. The summed E-state index contributed by atoms with van der Waals surface area (Å²) in [5, 5.41) is 23.8. The van der Waals surface area contributed by atoms with Crippen LogP contribution in [0.2, 0.25) is 0 Å². The number of likely N-dealkylation sites (N-methyl/N-ethyl adjacent to an activating group) is 1. The van der Waals surface area contributed by atoms with Gasteiger partial charge < -0.3 is 4.84 Å². The molecular weight excluding hydrogens is 356 g/mol. The topological polar surface area (TPSA) is 81.8 Å². The van der Waals surface area contributed by atoms with Crippen LogP contribution in [0.5, 0.6) is 0 Å². The van der Waals surface area contributed by atoms with Gasteiger partial charge >= 0.3 is 0 Å². The van der Waals surface area contributed by atoms with E-state index in [0.717, 1.165) is 9.61 Å². The molecule has 0 aliphatic rings. The van der Waals surface area contributed by atoms with Gasteiger partial charge in [0.2, 0.25) is 0 Å². The van der Waals surface area contributed by atoms with Crippen molar-refractivity contribution in [3.63, 3.8) is 0 Å². The summed E-state index contributed by atoms with van der Waals surface area (Å²) in [7, 11) is 1.36. The number of hydrogen-bond donors (Lipinski definition) is 2. The highest BCUT2D eigenvalue weighted by Crippen LogP contribution is 2.16. The fourth-order valence-corrected chi connectivity index (χ4v) is 2.53. The van der Waals surface area contributed by atoms with Crippen molar-refractivity contribution < 1.29 is 10.0 Å². The molecule has 0 saturated heterocycles. The molecular formula is C13H13BrN4O2S. The third-order valence-electron chi connectivity index (χ3n) is 2.49. The van der Waals surface area contributed by atoms with E-state index in [1.54, 1.807) is 12.1 Å². The molecule has 0 amide bonds. The number of benzene rings is 1. The van der Waals surface area contributed by atoms with Crippen LogP contribution in [0.25, 0.3) is 0 Å². The molecule has 1 heterocycles. The molecule has 2 aromatic rings. The minimum Gasteiger partial charge on any atom is -0.389 e. The molecule has 8 heteroatoms. The maximum Gasteiger partial charge on any atom is 0.174 e. The van der Waals surface area contributed by atoms with Gasteiger partial charge in [0.25, 0.3) is 0 Å². The molecule has 2 rings (SSSR count). The van der Waals surface area contributed by atoms with Gasteiger partial charge in [0.05, 0.1) is 5.69 Å². The number of thiazole rings is 1. The number of amidine groups is 1. The Morgan fingerprint density at radius 2 is 2.19 bits per heavy atom. The first-order valence-corrected chi connectivity index (χ1v) is 7.62. The van der Waals surface area contributed by atoms with Crippen molar-refractivity contribution >= 4 is 38.8 Å². The van der Waals surface area contributed by atoms with Crippen molar-refractivity contribution in [2.24, 2.45) is 5.16 Å². The lowest BCUT2D eigenvalue weighted by atomic mass is 10.1. The Bertz CT molecular complexity index is 643. The third kappa shape index (κ3) is 4.35. The summed E-state index contributed by atoms with van der Waals surface area (Å²) < 4.78 is 0.774. The summed E-state index contributed by atoms with van der Waals surface area (Å²) in [6.45, 7) is 0.195. The highest BCUT2D eigenvalue weighted by atomic mass is 79.9. The molecule has 0 fully saturated rings. The first kappa shape index (κ1) is 15.6. The van der Waals surface area contributed by atoms with E-state index in [4.69, 9.17) is 10.2 Å². The average molecular weight is 369 g/mol. The predicted octanol–water partition coefficient (Wildman–Crippen LogP) is 3.12. The SMILES string of the molecule is CN(O)C(=N)/C(=N\OCc1csc(Br)n1)c1ccccc1. The van der Waals surface area contributed by atoms with Crippen LogP contribution in [0.1, 0.15) is 11.3 Å². The highest BCUT2D eigenvalue weighted by Gasteiger charge is 2.14. The number of aromatic nitrogens is 1. The van der Waals surface area contributed by atoms with Gasteiger partial charge in [-0.25, -0.2) is 10.0 Å². The molecule has 2 N–H and O–H groups in total. The van der Waals surface area contributed by atoms with Gasteiger partial charge in [-0.15, -0.1) is 11.3 Å². The lowest BCUT2D eigenvalue weighted by Crippen LogP contribution is -2.30. The van der Waals surface area contributed by atoms with Crippen molar-refractivity contribution in [2.45, 2.75) is 6.61 Å². The van der Waals surface area contributed by atoms with Crippen molar-refractivity contribution in [1.82, 2.24) is 10.0 Å². The summed E-state index contributed by atoms with van der Waals surface area (Å²) in [5.41, 5.74) is 1.67. The number of nitrogens with zero attached hydrogens (tertiary/aromatic N) is 3. The van der Waals surface area contributed by atoms with Crippen LogP contribution in [-0.2, 0) is 11.4 Å². The van der Waals surface area contributed by atoms with Gasteiger partial charge in [0.15, 0.2) is 22.1 Å². The Morgan fingerprint density at radius 3 is 2.76 bits per heavy atom. The van der Waals surface area contributed by atoms with Gasteiger partial charge in [0.1, 0.15) is 0 Å². The molecule has 0 aliphatic carbocycles. The van der Waals surface area contributed by atoms with Crippen molar-refractivity contribution in [1.29, 1.82) is 5.41 Å². The highest BCUT2D eigenvalue weighted by molar-refractivity contribution is 9.11. The van der Waals surface area contributed by atoms with E-state index in [-0.39, 0.29) is 18.2 Å². The van der Waals surface area contributed by atoms with Crippen LogP contribution in [-0.4, -0.2) is 33.8 Å². The summed E-state index contributed by atoms with van der Waals surface area (Å²) in [6.07, 6.45) is 0. The van der Waals surface area contributed by atoms with Crippen LogP contribution >= 0.6 is 27.3 Å². The molecule has 0 atom stereocenters. The zero-order chi connectivity index (χ0) is 15.2. The van der Waals surface area contributed by atoms with Crippen LogP contribution in [0, 0.1) is 5.41 Å². The maximum absolute atomic E-state index is 9.43. The second-order valence-electron chi connectivity index (χ2n) is 4.04. The molecule has 1 aromatic heterocycles. The van der Waals surface area contributed by atoms with Gasteiger partial charge in [-0.3, -0.25) is 10.6 Å². The minimum absolute atomic E-state index is 0.152. The zero-order valence-electron chi connectivity index (χ0n) is 11.2. The van der Waals surface area contributed by atoms with E-state index >= 15 is 0 Å². The van der Waals surface area contributed by atoms with E-state index in [2.05, 4.69) is 26.1 Å². The molecule has 0 saturated carbocycles. The molecule has 0 aliphatic heterocycles. The van der Waals surface area contributed by atoms with Crippen LogP contribution in [0.4, 0.5) is 0 Å². The van der Waals surface area contributed by atoms with Gasteiger partial charge in [-0.05, 0) is 15.9 Å². The fraction of sp³-hybridized carbons (Fsp3) is 0.154. The van der Waals surface area contributed by atoms with E-state index in [9.17, 15) is 5.21 Å². The Kier molecular flexibility index (Phi) is 5.43. The second-order valence-corrected chi connectivity index (χ2v) is 6.18. The molecule has 6 nitrogen and oxygen atoms in total. The molecule has 21 heavy (non-hydrogen) atoms. The maximum atomic E-state index is 9.43. The van der Waals surface area contributed by atoms with Crippen LogP contribution in [0.3, 0.4) is 0 Å². The molecule has 0 spiro atoms. The van der Waals surface area contributed by atoms with E-state index < -0.39 is 0 Å². The van der Waals surface area contributed by atoms with Crippen molar-refractivity contribution in [3.05, 3.63) is 50.9 Å².